The van der Waals surface area contributed by atoms with Crippen molar-refractivity contribution in [2.45, 2.75) is 67.7 Å². The van der Waals surface area contributed by atoms with Gasteiger partial charge in [0.1, 0.15) is 0 Å². The molecule has 1 N–H and O–H groups in total. The number of hydrogen-bond acceptors (Lipinski definition) is 2. The number of carbonyl (C=O) groups is 1. The molecular weight excluding hydrogens is 320 g/mol. The molecule has 0 aromatic carbocycles. The summed E-state index contributed by atoms with van der Waals surface area (Å²) in [5.74, 6) is -0.212. The van der Waals surface area contributed by atoms with E-state index in [9.17, 15) is 4.79 Å². The molecule has 3 nitrogen and oxygen atoms in total. The molecule has 142 valence electrons. The number of amides is 1. The Labute approximate surface area is 159 Å². The smallest absolute Gasteiger partial charge is 0.264 e. The van der Waals surface area contributed by atoms with E-state index >= 15 is 0 Å². The van der Waals surface area contributed by atoms with E-state index < -0.39 is 0 Å². The number of rotatable bonds is 6. The van der Waals surface area contributed by atoms with Crippen molar-refractivity contribution in [3.63, 3.8) is 0 Å². The van der Waals surface area contributed by atoms with Crippen LogP contribution in [-0.4, -0.2) is 11.6 Å². The zero-order valence-electron chi connectivity index (χ0n) is 17.4. The molecule has 0 heterocycles. The summed E-state index contributed by atoms with van der Waals surface area (Å²) in [7, 11) is 0. The maximum absolute atomic E-state index is 11.7. The highest BCUT2D eigenvalue weighted by Gasteiger charge is 2.26. The number of carbonyl (C=O) groups excluding carboxylic acids is 1. The lowest BCUT2D eigenvalue weighted by atomic mass is 9.72. The van der Waals surface area contributed by atoms with Crippen LogP contribution in [0, 0.1) is 5.41 Å². The van der Waals surface area contributed by atoms with Crippen molar-refractivity contribution in [1.82, 2.24) is 5.43 Å². The standard InChI is InChI=1S/C23H34N2O/c1-17(2)24-25-22(26)16-19(4)11-8-10-18(3)13-14-21-20(5)12-9-15-23(21,6)7/h8,10-11,13-14,16H,9,12,15H2,1-7H3,(H,25,26)/b11-8+,14-13+,18-10+,19-16+. The summed E-state index contributed by atoms with van der Waals surface area (Å²) in [6.07, 6.45) is 15.7. The van der Waals surface area contributed by atoms with Crippen molar-refractivity contribution >= 4 is 11.6 Å². The fraction of sp³-hybridized carbons (Fsp3) is 0.478. The van der Waals surface area contributed by atoms with Crippen LogP contribution in [0.5, 0.6) is 0 Å². The molecule has 1 rings (SSSR count). The third kappa shape index (κ3) is 7.81. The van der Waals surface area contributed by atoms with Crippen molar-refractivity contribution in [2.24, 2.45) is 10.5 Å². The average Bonchev–Trinajstić information content (AvgIpc) is 2.51. The summed E-state index contributed by atoms with van der Waals surface area (Å²) < 4.78 is 0. The summed E-state index contributed by atoms with van der Waals surface area (Å²) >= 11 is 0. The molecule has 3 heteroatoms. The van der Waals surface area contributed by atoms with Gasteiger partial charge in [0.25, 0.3) is 5.91 Å². The van der Waals surface area contributed by atoms with Gasteiger partial charge in [-0.05, 0) is 70.4 Å². The van der Waals surface area contributed by atoms with Crippen LogP contribution >= 0.6 is 0 Å². The SMILES string of the molecule is CC(C)=NNC(=O)/C=C(C)/C=C/C=C(C)/C=C/C1=C(C)CCCC1(C)C. The second kappa shape index (κ2) is 10.1. The van der Waals surface area contributed by atoms with Crippen LogP contribution in [-0.2, 0) is 4.79 Å². The Morgan fingerprint density at radius 3 is 2.42 bits per heavy atom. The van der Waals surface area contributed by atoms with Gasteiger partial charge in [-0.1, -0.05) is 55.4 Å². The molecule has 0 saturated carbocycles. The summed E-state index contributed by atoms with van der Waals surface area (Å²) in [5.41, 5.74) is 8.62. The first-order chi connectivity index (χ1) is 12.1. The third-order valence-corrected chi connectivity index (χ3v) is 4.52. The molecule has 0 bridgehead atoms. The molecule has 0 atom stereocenters. The summed E-state index contributed by atoms with van der Waals surface area (Å²) in [6, 6.07) is 0. The molecule has 0 unspecified atom stereocenters. The van der Waals surface area contributed by atoms with Crippen LogP contribution in [0.3, 0.4) is 0 Å². The van der Waals surface area contributed by atoms with Crippen LogP contribution in [0.4, 0.5) is 0 Å². The highest BCUT2D eigenvalue weighted by atomic mass is 16.2. The van der Waals surface area contributed by atoms with E-state index in [0.717, 1.165) is 11.3 Å². The molecule has 1 amide bonds. The third-order valence-electron chi connectivity index (χ3n) is 4.52. The predicted molar refractivity (Wildman–Crippen MR) is 113 cm³/mol. The van der Waals surface area contributed by atoms with Gasteiger partial charge in [-0.3, -0.25) is 4.79 Å². The van der Waals surface area contributed by atoms with E-state index in [2.05, 4.69) is 56.5 Å². The molecule has 0 fully saturated rings. The predicted octanol–water partition coefficient (Wildman–Crippen LogP) is 6.03. The Bertz CT molecular complexity index is 694. The summed E-state index contributed by atoms with van der Waals surface area (Å²) in [5, 5.41) is 3.90. The van der Waals surface area contributed by atoms with Crippen molar-refractivity contribution in [3.05, 3.63) is 58.7 Å². The minimum atomic E-state index is -0.212. The van der Waals surface area contributed by atoms with Gasteiger partial charge in [-0.2, -0.15) is 5.10 Å². The average molecular weight is 355 g/mol. The van der Waals surface area contributed by atoms with Gasteiger partial charge >= 0.3 is 0 Å². The monoisotopic (exact) mass is 354 g/mol. The van der Waals surface area contributed by atoms with Crippen molar-refractivity contribution in [1.29, 1.82) is 0 Å². The lowest BCUT2D eigenvalue weighted by molar-refractivity contribution is -0.116. The fourth-order valence-electron chi connectivity index (χ4n) is 3.09. The number of allylic oxidation sites excluding steroid dienone is 9. The second-order valence-electron chi connectivity index (χ2n) is 7.96. The van der Waals surface area contributed by atoms with E-state index in [1.54, 1.807) is 6.08 Å². The van der Waals surface area contributed by atoms with Gasteiger partial charge in [0.2, 0.25) is 0 Å². The zero-order valence-corrected chi connectivity index (χ0v) is 17.4. The minimum absolute atomic E-state index is 0.212. The molecule has 0 radical (unpaired) electrons. The Morgan fingerprint density at radius 2 is 1.81 bits per heavy atom. The molecule has 1 aliphatic rings. The molecule has 0 spiro atoms. The fourth-order valence-corrected chi connectivity index (χ4v) is 3.09. The van der Waals surface area contributed by atoms with Gasteiger partial charge in [0, 0.05) is 11.8 Å². The van der Waals surface area contributed by atoms with Gasteiger partial charge in [0.05, 0.1) is 0 Å². The van der Waals surface area contributed by atoms with Crippen molar-refractivity contribution in [3.8, 4) is 0 Å². The Morgan fingerprint density at radius 1 is 1.12 bits per heavy atom. The highest BCUT2D eigenvalue weighted by molar-refractivity contribution is 5.90. The number of hydrazone groups is 1. The first-order valence-electron chi connectivity index (χ1n) is 9.34. The van der Waals surface area contributed by atoms with Gasteiger partial charge in [-0.25, -0.2) is 5.43 Å². The number of nitrogens with one attached hydrogen (secondary N) is 1. The summed E-state index contributed by atoms with van der Waals surface area (Å²) in [6.45, 7) is 14.6. The molecule has 0 aliphatic heterocycles. The molecule has 0 saturated heterocycles. The van der Waals surface area contributed by atoms with E-state index in [1.807, 2.05) is 32.9 Å². The topological polar surface area (TPSA) is 41.5 Å². The molecule has 0 aromatic rings. The lowest BCUT2D eigenvalue weighted by Crippen LogP contribution is -2.19. The van der Waals surface area contributed by atoms with E-state index in [1.165, 1.54) is 36.0 Å². The summed E-state index contributed by atoms with van der Waals surface area (Å²) in [4.78, 5) is 11.7. The quantitative estimate of drug-likeness (QED) is 0.269. The van der Waals surface area contributed by atoms with Crippen molar-refractivity contribution in [2.75, 3.05) is 0 Å². The van der Waals surface area contributed by atoms with Crippen LogP contribution in [0.2, 0.25) is 0 Å². The Hall–Kier alpha value is -2.16. The van der Waals surface area contributed by atoms with Crippen LogP contribution < -0.4 is 5.43 Å². The maximum Gasteiger partial charge on any atom is 0.264 e. The number of hydrogen-bond donors (Lipinski definition) is 1. The lowest BCUT2D eigenvalue weighted by Gasteiger charge is -2.32. The normalized spacial score (nSPS) is 18.6. The molecular formula is C23H34N2O. The maximum atomic E-state index is 11.7. The van der Waals surface area contributed by atoms with Crippen LogP contribution in [0.1, 0.15) is 67.7 Å². The van der Waals surface area contributed by atoms with Crippen LogP contribution in [0.25, 0.3) is 0 Å². The first kappa shape index (κ1) is 21.9. The second-order valence-corrected chi connectivity index (χ2v) is 7.96. The molecule has 0 aromatic heterocycles. The van der Waals surface area contributed by atoms with Gasteiger partial charge < -0.3 is 0 Å². The molecule has 26 heavy (non-hydrogen) atoms. The van der Waals surface area contributed by atoms with E-state index in [0.29, 0.717) is 0 Å². The largest absolute Gasteiger partial charge is 0.268 e. The van der Waals surface area contributed by atoms with E-state index in [4.69, 9.17) is 0 Å². The Balaban J connectivity index is 2.72. The van der Waals surface area contributed by atoms with E-state index in [-0.39, 0.29) is 11.3 Å². The van der Waals surface area contributed by atoms with Crippen LogP contribution in [0.15, 0.2) is 63.8 Å². The Kier molecular flexibility index (Phi) is 8.50. The van der Waals surface area contributed by atoms with Crippen molar-refractivity contribution < 1.29 is 4.79 Å². The van der Waals surface area contributed by atoms with Gasteiger partial charge in [-0.15, -0.1) is 0 Å². The number of nitrogens with zero attached hydrogens (tertiary/aromatic N) is 1. The zero-order chi connectivity index (χ0) is 19.7. The first-order valence-corrected chi connectivity index (χ1v) is 9.34. The van der Waals surface area contributed by atoms with Gasteiger partial charge in [0.15, 0.2) is 0 Å². The highest BCUT2D eigenvalue weighted by Crippen LogP contribution is 2.40. The minimum Gasteiger partial charge on any atom is -0.268 e. The molecule has 1 aliphatic carbocycles.